The molecule has 1 spiro atoms. The van der Waals surface area contributed by atoms with E-state index < -0.39 is 0 Å². The van der Waals surface area contributed by atoms with Crippen LogP contribution in [0.2, 0.25) is 0 Å². The zero-order chi connectivity index (χ0) is 14.6. The van der Waals surface area contributed by atoms with Crippen molar-refractivity contribution in [1.29, 1.82) is 0 Å². The molecule has 20 heavy (non-hydrogen) atoms. The standard InChI is InChI=1S/C16H30N2O2/c1-4-20-14-12-13(16(14)9-6-5-7-10-16)17-11-8-15(19)18(2)3/h13-14,17H,4-12H2,1-3H3. The van der Waals surface area contributed by atoms with Crippen LogP contribution in [0.5, 0.6) is 0 Å². The summed E-state index contributed by atoms with van der Waals surface area (Å²) in [6.07, 6.45) is 8.76. The van der Waals surface area contributed by atoms with E-state index in [-0.39, 0.29) is 5.91 Å². The molecule has 0 heterocycles. The molecule has 0 aromatic rings. The number of nitrogens with one attached hydrogen (secondary N) is 1. The van der Waals surface area contributed by atoms with Gasteiger partial charge < -0.3 is 15.0 Å². The van der Waals surface area contributed by atoms with Gasteiger partial charge in [-0.15, -0.1) is 0 Å². The van der Waals surface area contributed by atoms with Gasteiger partial charge in [0.05, 0.1) is 6.10 Å². The van der Waals surface area contributed by atoms with Crippen molar-refractivity contribution in [2.75, 3.05) is 27.2 Å². The van der Waals surface area contributed by atoms with Gasteiger partial charge in [0.25, 0.3) is 0 Å². The molecule has 4 nitrogen and oxygen atoms in total. The molecule has 0 bridgehead atoms. The molecule has 1 amide bonds. The summed E-state index contributed by atoms with van der Waals surface area (Å²) in [6.45, 7) is 3.70. The second-order valence-electron chi connectivity index (χ2n) is 6.52. The largest absolute Gasteiger partial charge is 0.378 e. The van der Waals surface area contributed by atoms with Crippen molar-refractivity contribution in [2.24, 2.45) is 5.41 Å². The fourth-order valence-corrected chi connectivity index (χ4v) is 3.93. The first-order valence-corrected chi connectivity index (χ1v) is 8.15. The molecule has 2 saturated carbocycles. The molecule has 2 aliphatic carbocycles. The third-order valence-corrected chi connectivity index (χ3v) is 5.17. The fourth-order valence-electron chi connectivity index (χ4n) is 3.93. The van der Waals surface area contributed by atoms with E-state index in [1.165, 1.54) is 32.1 Å². The highest BCUT2D eigenvalue weighted by Gasteiger charge is 2.55. The van der Waals surface area contributed by atoms with E-state index in [4.69, 9.17) is 4.74 Å². The summed E-state index contributed by atoms with van der Waals surface area (Å²) in [6, 6.07) is 0.550. The average Bonchev–Trinajstić information content (AvgIpc) is 2.46. The van der Waals surface area contributed by atoms with Crippen molar-refractivity contribution >= 4 is 5.91 Å². The Kier molecular flexibility index (Phi) is 5.44. The first-order valence-electron chi connectivity index (χ1n) is 8.15. The molecule has 4 heteroatoms. The molecule has 2 unspecified atom stereocenters. The van der Waals surface area contributed by atoms with Gasteiger partial charge in [0.15, 0.2) is 0 Å². The molecule has 0 radical (unpaired) electrons. The van der Waals surface area contributed by atoms with Gasteiger partial charge in [-0.3, -0.25) is 4.79 Å². The number of hydrogen-bond donors (Lipinski definition) is 1. The number of rotatable bonds is 6. The Morgan fingerprint density at radius 3 is 2.60 bits per heavy atom. The quantitative estimate of drug-likeness (QED) is 0.812. The van der Waals surface area contributed by atoms with Gasteiger partial charge in [-0.2, -0.15) is 0 Å². The number of nitrogens with zero attached hydrogens (tertiary/aromatic N) is 1. The SMILES string of the molecule is CCOC1CC(NCCC(=O)N(C)C)C12CCCCC2. The first kappa shape index (κ1) is 15.8. The highest BCUT2D eigenvalue weighted by Crippen LogP contribution is 2.53. The Morgan fingerprint density at radius 2 is 2.00 bits per heavy atom. The highest BCUT2D eigenvalue weighted by molar-refractivity contribution is 5.75. The topological polar surface area (TPSA) is 41.6 Å². The molecule has 2 rings (SSSR count). The zero-order valence-electron chi connectivity index (χ0n) is 13.3. The molecule has 2 fully saturated rings. The summed E-state index contributed by atoms with van der Waals surface area (Å²) in [4.78, 5) is 13.3. The molecule has 2 atom stereocenters. The predicted molar refractivity (Wildman–Crippen MR) is 80.7 cm³/mol. The Bertz CT molecular complexity index is 324. The normalized spacial score (nSPS) is 28.1. The van der Waals surface area contributed by atoms with Crippen LogP contribution in [0, 0.1) is 5.41 Å². The van der Waals surface area contributed by atoms with Crippen LogP contribution in [0.1, 0.15) is 51.9 Å². The molecule has 0 aromatic heterocycles. The van der Waals surface area contributed by atoms with E-state index in [0.29, 0.717) is 24.0 Å². The number of carbonyl (C=O) groups is 1. The van der Waals surface area contributed by atoms with E-state index in [9.17, 15) is 4.79 Å². The summed E-state index contributed by atoms with van der Waals surface area (Å²) >= 11 is 0. The zero-order valence-corrected chi connectivity index (χ0v) is 13.3. The van der Waals surface area contributed by atoms with E-state index in [2.05, 4.69) is 12.2 Å². The van der Waals surface area contributed by atoms with Crippen LogP contribution in [0.4, 0.5) is 0 Å². The lowest BCUT2D eigenvalue weighted by atomic mass is 9.55. The van der Waals surface area contributed by atoms with Crippen LogP contribution in [0.3, 0.4) is 0 Å². The van der Waals surface area contributed by atoms with Crippen LogP contribution < -0.4 is 5.32 Å². The van der Waals surface area contributed by atoms with Crippen LogP contribution >= 0.6 is 0 Å². The van der Waals surface area contributed by atoms with Gasteiger partial charge in [-0.25, -0.2) is 0 Å². The van der Waals surface area contributed by atoms with Gasteiger partial charge >= 0.3 is 0 Å². The summed E-state index contributed by atoms with van der Waals surface area (Å²) in [5.74, 6) is 0.205. The molecular weight excluding hydrogens is 252 g/mol. The minimum Gasteiger partial charge on any atom is -0.378 e. The molecule has 0 aliphatic heterocycles. The van der Waals surface area contributed by atoms with Crippen LogP contribution in [0.15, 0.2) is 0 Å². The van der Waals surface area contributed by atoms with Gasteiger partial charge in [0, 0.05) is 45.1 Å². The number of hydrogen-bond acceptors (Lipinski definition) is 3. The summed E-state index contributed by atoms with van der Waals surface area (Å²) in [7, 11) is 3.64. The molecule has 0 saturated heterocycles. The van der Waals surface area contributed by atoms with E-state index >= 15 is 0 Å². The lowest BCUT2D eigenvalue weighted by Gasteiger charge is -2.58. The van der Waals surface area contributed by atoms with Crippen LogP contribution in [-0.4, -0.2) is 50.2 Å². The van der Waals surface area contributed by atoms with Crippen molar-refractivity contribution in [2.45, 2.75) is 64.0 Å². The molecule has 116 valence electrons. The van der Waals surface area contributed by atoms with E-state index in [0.717, 1.165) is 19.6 Å². The Hall–Kier alpha value is -0.610. The minimum atomic E-state index is 0.205. The van der Waals surface area contributed by atoms with E-state index in [1.807, 2.05) is 14.1 Å². The van der Waals surface area contributed by atoms with Crippen LogP contribution in [0.25, 0.3) is 0 Å². The van der Waals surface area contributed by atoms with Crippen molar-refractivity contribution < 1.29 is 9.53 Å². The average molecular weight is 282 g/mol. The third-order valence-electron chi connectivity index (χ3n) is 5.17. The van der Waals surface area contributed by atoms with Crippen molar-refractivity contribution in [3.63, 3.8) is 0 Å². The Balaban J connectivity index is 1.83. The van der Waals surface area contributed by atoms with Crippen molar-refractivity contribution in [3.8, 4) is 0 Å². The lowest BCUT2D eigenvalue weighted by Crippen LogP contribution is -2.64. The van der Waals surface area contributed by atoms with Gasteiger partial charge in [-0.05, 0) is 26.2 Å². The molecular formula is C16H30N2O2. The summed E-state index contributed by atoms with van der Waals surface area (Å²) in [5, 5.41) is 3.63. The van der Waals surface area contributed by atoms with Crippen molar-refractivity contribution in [3.05, 3.63) is 0 Å². The maximum absolute atomic E-state index is 11.6. The molecule has 2 aliphatic rings. The minimum absolute atomic E-state index is 0.205. The Morgan fingerprint density at radius 1 is 1.30 bits per heavy atom. The Labute approximate surface area is 123 Å². The maximum atomic E-state index is 11.6. The summed E-state index contributed by atoms with van der Waals surface area (Å²) in [5.41, 5.74) is 0.357. The van der Waals surface area contributed by atoms with E-state index in [1.54, 1.807) is 4.90 Å². The fraction of sp³-hybridized carbons (Fsp3) is 0.938. The number of carbonyl (C=O) groups excluding carboxylic acids is 1. The monoisotopic (exact) mass is 282 g/mol. The number of ether oxygens (including phenoxy) is 1. The third kappa shape index (κ3) is 3.17. The van der Waals surface area contributed by atoms with Crippen LogP contribution in [-0.2, 0) is 9.53 Å². The van der Waals surface area contributed by atoms with Gasteiger partial charge in [-0.1, -0.05) is 19.3 Å². The maximum Gasteiger partial charge on any atom is 0.223 e. The van der Waals surface area contributed by atoms with Crippen molar-refractivity contribution in [1.82, 2.24) is 10.2 Å². The molecule has 1 N–H and O–H groups in total. The smallest absolute Gasteiger partial charge is 0.223 e. The lowest BCUT2D eigenvalue weighted by molar-refractivity contribution is -0.150. The first-order chi connectivity index (χ1) is 9.60. The predicted octanol–water partition coefficient (Wildman–Crippen LogP) is 2.18. The summed E-state index contributed by atoms with van der Waals surface area (Å²) < 4.78 is 5.95. The van der Waals surface area contributed by atoms with Gasteiger partial charge in [0.2, 0.25) is 5.91 Å². The number of amides is 1. The van der Waals surface area contributed by atoms with Gasteiger partial charge in [0.1, 0.15) is 0 Å². The highest BCUT2D eigenvalue weighted by atomic mass is 16.5. The second kappa shape index (κ2) is 6.90. The molecule has 0 aromatic carbocycles. The second-order valence-corrected chi connectivity index (χ2v) is 6.52.